The van der Waals surface area contributed by atoms with Gasteiger partial charge in [-0.2, -0.15) is 0 Å². The maximum absolute atomic E-state index is 11.6. The first-order chi connectivity index (χ1) is 8.11. The molecule has 0 aliphatic heterocycles. The molecule has 0 fully saturated rings. The Hall–Kier alpha value is -1.62. The van der Waals surface area contributed by atoms with Crippen LogP contribution in [-0.4, -0.2) is 30.6 Å². The number of aromatic amines is 1. The van der Waals surface area contributed by atoms with E-state index in [0.29, 0.717) is 25.7 Å². The topological polar surface area (TPSA) is 71.2 Å². The minimum atomic E-state index is -0.375. The Labute approximate surface area is 100 Å². The molecule has 0 saturated heterocycles. The molecule has 5 heteroatoms. The van der Waals surface area contributed by atoms with Crippen LogP contribution < -0.4 is 10.7 Å². The van der Waals surface area contributed by atoms with Crippen LogP contribution in [0.5, 0.6) is 0 Å². The summed E-state index contributed by atoms with van der Waals surface area (Å²) in [6, 6.07) is 1.32. The maximum atomic E-state index is 11.6. The second-order valence-corrected chi connectivity index (χ2v) is 4.15. The van der Waals surface area contributed by atoms with E-state index in [4.69, 9.17) is 4.74 Å². The van der Waals surface area contributed by atoms with Crippen molar-refractivity contribution in [2.45, 2.75) is 13.8 Å². The molecule has 0 radical (unpaired) electrons. The molecule has 0 aliphatic carbocycles. The summed E-state index contributed by atoms with van der Waals surface area (Å²) in [4.78, 5) is 25.6. The fraction of sp³-hybridized carbons (Fsp3) is 0.500. The van der Waals surface area contributed by atoms with E-state index in [1.165, 1.54) is 18.5 Å². The summed E-state index contributed by atoms with van der Waals surface area (Å²) < 4.78 is 5.31. The lowest BCUT2D eigenvalue weighted by Crippen LogP contribution is -2.31. The summed E-state index contributed by atoms with van der Waals surface area (Å²) in [5, 5.41) is 2.63. The van der Waals surface area contributed by atoms with E-state index in [1.54, 1.807) is 0 Å². The minimum absolute atomic E-state index is 0.122. The van der Waals surface area contributed by atoms with Gasteiger partial charge in [0.05, 0.1) is 6.61 Å². The van der Waals surface area contributed by atoms with Gasteiger partial charge in [0.25, 0.3) is 5.91 Å². The fourth-order valence-corrected chi connectivity index (χ4v) is 1.24. The molecule has 0 atom stereocenters. The van der Waals surface area contributed by atoms with Gasteiger partial charge in [0, 0.05) is 31.6 Å². The van der Waals surface area contributed by atoms with Crippen molar-refractivity contribution in [2.24, 2.45) is 5.92 Å². The number of ether oxygens (including phenoxy) is 1. The van der Waals surface area contributed by atoms with Crippen LogP contribution in [0.1, 0.15) is 24.2 Å². The Morgan fingerprint density at radius 2 is 2.29 bits per heavy atom. The summed E-state index contributed by atoms with van der Waals surface area (Å²) in [5.41, 5.74) is -0.166. The van der Waals surface area contributed by atoms with Gasteiger partial charge in [-0.15, -0.1) is 0 Å². The van der Waals surface area contributed by atoms with Crippen molar-refractivity contribution >= 4 is 5.91 Å². The van der Waals surface area contributed by atoms with E-state index in [9.17, 15) is 9.59 Å². The van der Waals surface area contributed by atoms with Crippen LogP contribution in [0, 0.1) is 5.92 Å². The highest BCUT2D eigenvalue weighted by atomic mass is 16.5. The van der Waals surface area contributed by atoms with E-state index in [1.807, 2.05) is 0 Å². The second kappa shape index (κ2) is 6.85. The minimum Gasteiger partial charge on any atom is -0.379 e. The zero-order chi connectivity index (χ0) is 12.7. The van der Waals surface area contributed by atoms with Crippen LogP contribution in [0.15, 0.2) is 23.3 Å². The average Bonchev–Trinajstić information content (AvgIpc) is 2.28. The smallest absolute Gasteiger partial charge is 0.256 e. The normalized spacial score (nSPS) is 10.5. The quantitative estimate of drug-likeness (QED) is 0.719. The molecular formula is C12H18N2O3. The zero-order valence-corrected chi connectivity index (χ0v) is 10.2. The Kier molecular flexibility index (Phi) is 5.42. The molecule has 1 rings (SSSR count). The number of amides is 1. The predicted molar refractivity (Wildman–Crippen MR) is 65.1 cm³/mol. The summed E-state index contributed by atoms with van der Waals surface area (Å²) in [6.45, 7) is 5.64. The van der Waals surface area contributed by atoms with Crippen LogP contribution in [0.25, 0.3) is 0 Å². The lowest BCUT2D eigenvalue weighted by Gasteiger charge is -2.07. The molecule has 5 nitrogen and oxygen atoms in total. The lowest BCUT2D eigenvalue weighted by molar-refractivity contribution is 0.0885. The number of pyridine rings is 1. The molecule has 0 aliphatic rings. The first-order valence-corrected chi connectivity index (χ1v) is 5.64. The van der Waals surface area contributed by atoms with Gasteiger partial charge >= 0.3 is 0 Å². The molecule has 0 saturated carbocycles. The molecule has 1 heterocycles. The van der Waals surface area contributed by atoms with Crippen molar-refractivity contribution < 1.29 is 9.53 Å². The number of hydrogen-bond donors (Lipinski definition) is 2. The van der Waals surface area contributed by atoms with Gasteiger partial charge in [-0.1, -0.05) is 13.8 Å². The highest BCUT2D eigenvalue weighted by molar-refractivity contribution is 5.93. The summed E-state index contributed by atoms with van der Waals surface area (Å²) in [6.07, 6.45) is 2.89. The Balaban J connectivity index is 2.31. The molecular weight excluding hydrogens is 220 g/mol. The SMILES string of the molecule is CC(C)COCCNC(=O)c1c[nH]ccc1=O. The van der Waals surface area contributed by atoms with Gasteiger partial charge in [-0.3, -0.25) is 9.59 Å². The molecule has 0 bridgehead atoms. The first kappa shape index (κ1) is 13.4. The number of H-pyrrole nitrogens is 1. The zero-order valence-electron chi connectivity index (χ0n) is 10.2. The van der Waals surface area contributed by atoms with Crippen molar-refractivity contribution in [2.75, 3.05) is 19.8 Å². The summed E-state index contributed by atoms with van der Waals surface area (Å²) in [5.74, 6) is 0.0997. The van der Waals surface area contributed by atoms with Crippen LogP contribution >= 0.6 is 0 Å². The van der Waals surface area contributed by atoms with E-state index >= 15 is 0 Å². The molecule has 1 aromatic heterocycles. The molecule has 94 valence electrons. The van der Waals surface area contributed by atoms with E-state index < -0.39 is 0 Å². The number of nitrogens with one attached hydrogen (secondary N) is 2. The van der Waals surface area contributed by atoms with Gasteiger partial charge in [0.2, 0.25) is 0 Å². The number of rotatable bonds is 6. The number of aromatic nitrogens is 1. The first-order valence-electron chi connectivity index (χ1n) is 5.64. The van der Waals surface area contributed by atoms with E-state index in [0.717, 1.165) is 0 Å². The van der Waals surface area contributed by atoms with Gasteiger partial charge in [-0.25, -0.2) is 0 Å². The standard InChI is InChI=1S/C12H18N2O3/c1-9(2)8-17-6-5-14-12(16)10-7-13-4-3-11(10)15/h3-4,7,9H,5-6,8H2,1-2H3,(H,13,15)(H,14,16). The van der Waals surface area contributed by atoms with Gasteiger partial charge < -0.3 is 15.0 Å². The van der Waals surface area contributed by atoms with Crippen LogP contribution in [0.3, 0.4) is 0 Å². The number of carbonyl (C=O) groups is 1. The fourth-order valence-electron chi connectivity index (χ4n) is 1.24. The largest absolute Gasteiger partial charge is 0.379 e. The van der Waals surface area contributed by atoms with Crippen LogP contribution in [0.2, 0.25) is 0 Å². The second-order valence-electron chi connectivity index (χ2n) is 4.15. The third-order valence-electron chi connectivity index (χ3n) is 2.05. The van der Waals surface area contributed by atoms with Crippen molar-refractivity contribution in [3.8, 4) is 0 Å². The van der Waals surface area contributed by atoms with Gasteiger partial charge in [-0.05, 0) is 5.92 Å². The summed E-state index contributed by atoms with van der Waals surface area (Å²) >= 11 is 0. The maximum Gasteiger partial charge on any atom is 0.256 e. The molecule has 17 heavy (non-hydrogen) atoms. The summed E-state index contributed by atoms with van der Waals surface area (Å²) in [7, 11) is 0. The monoisotopic (exact) mass is 238 g/mol. The van der Waals surface area contributed by atoms with Crippen molar-refractivity contribution in [1.29, 1.82) is 0 Å². The van der Waals surface area contributed by atoms with Crippen molar-refractivity contribution in [3.63, 3.8) is 0 Å². The van der Waals surface area contributed by atoms with Gasteiger partial charge in [0.1, 0.15) is 5.56 Å². The Morgan fingerprint density at radius 3 is 2.94 bits per heavy atom. The molecule has 1 amide bonds. The average molecular weight is 238 g/mol. The van der Waals surface area contributed by atoms with E-state index in [-0.39, 0.29) is 16.9 Å². The molecule has 0 unspecified atom stereocenters. The third kappa shape index (κ3) is 4.82. The third-order valence-corrected chi connectivity index (χ3v) is 2.05. The predicted octanol–water partition coefficient (Wildman–Crippen LogP) is 0.777. The molecule has 0 aromatic carbocycles. The van der Waals surface area contributed by atoms with E-state index in [2.05, 4.69) is 24.1 Å². The van der Waals surface area contributed by atoms with Crippen molar-refractivity contribution in [3.05, 3.63) is 34.2 Å². The highest BCUT2D eigenvalue weighted by Crippen LogP contribution is 1.91. The lowest BCUT2D eigenvalue weighted by atomic mass is 10.2. The van der Waals surface area contributed by atoms with Crippen LogP contribution in [-0.2, 0) is 4.74 Å². The Bertz CT molecular complexity index is 412. The number of hydrogen-bond acceptors (Lipinski definition) is 3. The van der Waals surface area contributed by atoms with Crippen LogP contribution in [0.4, 0.5) is 0 Å². The number of carbonyl (C=O) groups excluding carboxylic acids is 1. The van der Waals surface area contributed by atoms with Crippen molar-refractivity contribution in [1.82, 2.24) is 10.3 Å². The highest BCUT2D eigenvalue weighted by Gasteiger charge is 2.07. The van der Waals surface area contributed by atoms with Gasteiger partial charge in [0.15, 0.2) is 5.43 Å². The molecule has 2 N–H and O–H groups in total. The molecule has 0 spiro atoms. The molecule has 1 aromatic rings. The Morgan fingerprint density at radius 1 is 1.53 bits per heavy atom.